The number of rotatable bonds is 0. The molecule has 0 aromatic carbocycles. The van der Waals surface area contributed by atoms with Crippen molar-refractivity contribution < 1.29 is 51.7 Å². The van der Waals surface area contributed by atoms with Gasteiger partial charge in [0.15, 0.2) is 0 Å². The van der Waals surface area contributed by atoms with Gasteiger partial charge in [-0.3, -0.25) is 0 Å². The van der Waals surface area contributed by atoms with Gasteiger partial charge < -0.3 is 25.5 Å². The maximum absolute atomic E-state index is 7.57. The smallest absolute Gasteiger partial charge is 0.0402 e. The van der Waals surface area contributed by atoms with Crippen LogP contribution in [0.1, 0.15) is 34.6 Å². The van der Waals surface area contributed by atoms with Crippen molar-refractivity contribution in [1.82, 2.24) is 0 Å². The van der Waals surface area contributed by atoms with Crippen LogP contribution in [0.2, 0.25) is 0 Å². The number of hydrogen-bond donors (Lipinski definition) is 5. The summed E-state index contributed by atoms with van der Waals surface area (Å²) in [4.78, 5) is 0. The summed E-state index contributed by atoms with van der Waals surface area (Å²) in [5.41, 5.74) is 0. The summed E-state index contributed by atoms with van der Waals surface area (Å²) in [6, 6.07) is 0. The fraction of sp³-hybridized carbons (Fsp3) is 1.00. The van der Waals surface area contributed by atoms with Crippen molar-refractivity contribution in [3.05, 3.63) is 0 Å². The second-order valence-electron chi connectivity index (χ2n) is 1.58. The zero-order valence-corrected chi connectivity index (χ0v) is 13.7. The Morgan fingerprint density at radius 1 is 0.438 bits per heavy atom. The van der Waals surface area contributed by atoms with Crippen LogP contribution in [0.15, 0.2) is 0 Å². The molecule has 16 heavy (non-hydrogen) atoms. The van der Waals surface area contributed by atoms with E-state index in [1.165, 1.54) is 0 Å². The van der Waals surface area contributed by atoms with E-state index in [1.54, 1.807) is 34.6 Å². The van der Waals surface area contributed by atoms with Crippen molar-refractivity contribution >= 4 is 0 Å². The first kappa shape index (κ1) is 36.0. The third-order valence-corrected chi connectivity index (χ3v) is 0. The molecule has 0 heterocycles. The maximum atomic E-state index is 7.57. The van der Waals surface area contributed by atoms with Crippen LogP contribution in [-0.4, -0.2) is 58.6 Å². The normalized spacial score (nSPS) is 5.62. The largest absolute Gasteiger partial charge is 0.397 e. The van der Waals surface area contributed by atoms with E-state index in [4.69, 9.17) is 25.5 Å². The van der Waals surface area contributed by atoms with Gasteiger partial charge in [0.1, 0.15) is 0 Å². The molecule has 0 rings (SSSR count). The molecule has 0 bridgehead atoms. The van der Waals surface area contributed by atoms with E-state index in [2.05, 4.69) is 0 Å². The quantitative estimate of drug-likeness (QED) is 0.432. The molecule has 0 aromatic heterocycles. The SMILES string of the molecule is CCO.CCO.CCO.CCO.CCO.[Zr]. The predicted octanol–water partition coefficient (Wildman–Crippen LogP) is -0.00950. The molecule has 0 saturated carbocycles. The molecule has 0 unspecified atom stereocenters. The zero-order valence-electron chi connectivity index (χ0n) is 11.3. The van der Waals surface area contributed by atoms with E-state index in [0.717, 1.165) is 0 Å². The second-order valence-corrected chi connectivity index (χ2v) is 1.58. The standard InChI is InChI=1S/5C2H6O.Zr/c5*1-2-3;/h5*3H,2H2,1H3;. The van der Waals surface area contributed by atoms with Gasteiger partial charge in [-0.2, -0.15) is 0 Å². The van der Waals surface area contributed by atoms with Crippen molar-refractivity contribution in [2.75, 3.05) is 33.0 Å². The average molecular weight is 322 g/mol. The second kappa shape index (κ2) is 105. The molecule has 0 aromatic rings. The van der Waals surface area contributed by atoms with Crippen LogP contribution in [-0.2, 0) is 26.2 Å². The predicted molar refractivity (Wildman–Crippen MR) is 63.8 cm³/mol. The van der Waals surface area contributed by atoms with Crippen LogP contribution in [0, 0.1) is 0 Å². The molecule has 0 atom stereocenters. The fourth-order valence-corrected chi connectivity index (χ4v) is 0. The third kappa shape index (κ3) is 5890. The van der Waals surface area contributed by atoms with Gasteiger partial charge in [-0.1, -0.05) is 0 Å². The molecule has 0 saturated heterocycles. The molecule has 5 nitrogen and oxygen atoms in total. The Hall–Kier alpha value is 0.683. The third-order valence-electron chi connectivity index (χ3n) is 0. The van der Waals surface area contributed by atoms with E-state index >= 15 is 0 Å². The number of aliphatic hydroxyl groups excluding tert-OH is 5. The minimum absolute atomic E-state index is 0. The van der Waals surface area contributed by atoms with Crippen molar-refractivity contribution in [2.45, 2.75) is 34.6 Å². The Morgan fingerprint density at radius 2 is 0.438 bits per heavy atom. The van der Waals surface area contributed by atoms with Gasteiger partial charge in [-0.15, -0.1) is 0 Å². The maximum Gasteiger partial charge on any atom is 0.0402 e. The molecule has 6 heteroatoms. The Morgan fingerprint density at radius 3 is 0.438 bits per heavy atom. The van der Waals surface area contributed by atoms with Crippen LogP contribution in [0.5, 0.6) is 0 Å². The van der Waals surface area contributed by atoms with Crippen LogP contribution < -0.4 is 0 Å². The van der Waals surface area contributed by atoms with Crippen molar-refractivity contribution in [1.29, 1.82) is 0 Å². The zero-order chi connectivity index (χ0) is 13.5. The van der Waals surface area contributed by atoms with Gasteiger partial charge in [0.05, 0.1) is 0 Å². The molecular weight excluding hydrogens is 291 g/mol. The summed E-state index contributed by atoms with van der Waals surface area (Å²) in [6.45, 7) is 9.65. The summed E-state index contributed by atoms with van der Waals surface area (Å²) in [5, 5.41) is 37.8. The molecule has 0 aliphatic carbocycles. The van der Waals surface area contributed by atoms with Crippen LogP contribution in [0.25, 0.3) is 0 Å². The van der Waals surface area contributed by atoms with Crippen molar-refractivity contribution in [2.24, 2.45) is 0 Å². The van der Waals surface area contributed by atoms with Gasteiger partial charge in [-0.05, 0) is 34.6 Å². The first-order chi connectivity index (χ1) is 7.07. The van der Waals surface area contributed by atoms with Gasteiger partial charge in [0.2, 0.25) is 0 Å². The summed E-state index contributed by atoms with van der Waals surface area (Å²) in [6.07, 6.45) is 0. The minimum atomic E-state index is 0. The van der Waals surface area contributed by atoms with E-state index in [9.17, 15) is 0 Å². The monoisotopic (exact) mass is 320 g/mol. The minimum Gasteiger partial charge on any atom is -0.397 e. The molecule has 5 N–H and O–H groups in total. The van der Waals surface area contributed by atoms with Gasteiger partial charge in [0, 0.05) is 59.2 Å². The number of hydrogen-bond acceptors (Lipinski definition) is 5. The van der Waals surface area contributed by atoms with Crippen LogP contribution >= 0.6 is 0 Å². The molecular formula is C10H30O5Zr. The Kier molecular flexibility index (Phi) is 235. The summed E-state index contributed by atoms with van der Waals surface area (Å²) >= 11 is 0. The summed E-state index contributed by atoms with van der Waals surface area (Å²) in [5.74, 6) is 0. The fourth-order valence-electron chi connectivity index (χ4n) is 0. The Balaban J connectivity index is -0.0000000192. The van der Waals surface area contributed by atoms with E-state index < -0.39 is 0 Å². The molecule has 0 aliphatic heterocycles. The molecule has 104 valence electrons. The Labute approximate surface area is 119 Å². The van der Waals surface area contributed by atoms with Gasteiger partial charge in [0.25, 0.3) is 0 Å². The van der Waals surface area contributed by atoms with Crippen LogP contribution in [0.3, 0.4) is 0 Å². The van der Waals surface area contributed by atoms with Gasteiger partial charge in [-0.25, -0.2) is 0 Å². The number of aliphatic hydroxyl groups is 5. The van der Waals surface area contributed by atoms with Crippen molar-refractivity contribution in [3.63, 3.8) is 0 Å². The summed E-state index contributed by atoms with van der Waals surface area (Å²) < 4.78 is 0. The van der Waals surface area contributed by atoms with E-state index in [-0.39, 0.29) is 59.2 Å². The first-order valence-corrected chi connectivity index (χ1v) is 5.12. The van der Waals surface area contributed by atoms with Crippen LogP contribution in [0.4, 0.5) is 0 Å². The van der Waals surface area contributed by atoms with Gasteiger partial charge >= 0.3 is 0 Å². The average Bonchev–Trinajstić information content (AvgIpc) is 2.09. The molecule has 0 amide bonds. The molecule has 0 radical (unpaired) electrons. The molecule has 0 spiro atoms. The Bertz CT molecular complexity index is 30.8. The van der Waals surface area contributed by atoms with E-state index in [0.29, 0.717) is 0 Å². The molecule has 0 fully saturated rings. The summed E-state index contributed by atoms with van der Waals surface area (Å²) in [7, 11) is 0. The van der Waals surface area contributed by atoms with E-state index in [1.807, 2.05) is 0 Å². The topological polar surface area (TPSA) is 101 Å². The van der Waals surface area contributed by atoms with Crippen molar-refractivity contribution in [3.8, 4) is 0 Å². The first-order valence-electron chi connectivity index (χ1n) is 5.12. The molecule has 0 aliphatic rings.